The summed E-state index contributed by atoms with van der Waals surface area (Å²) in [6.45, 7) is 15.7. The number of aryl methyl sites for hydroxylation is 1. The summed E-state index contributed by atoms with van der Waals surface area (Å²) in [5.41, 5.74) is 2.74. The van der Waals surface area contributed by atoms with Crippen LogP contribution in [0.4, 0.5) is 0 Å². The number of benzene rings is 1. The highest BCUT2D eigenvalue weighted by Gasteiger charge is 2.22. The highest BCUT2D eigenvalue weighted by molar-refractivity contribution is 7.98. The zero-order chi connectivity index (χ0) is 29.7. The summed E-state index contributed by atoms with van der Waals surface area (Å²) in [5, 5.41) is 10.4. The molecule has 0 radical (unpaired) electrons. The van der Waals surface area contributed by atoms with E-state index in [2.05, 4.69) is 78.6 Å². The Balaban J connectivity index is 1.62. The zero-order valence-electron chi connectivity index (χ0n) is 25.2. The molecule has 0 saturated carbocycles. The molecular formula is C31H41N5O3S2. The predicted octanol–water partition coefficient (Wildman–Crippen LogP) is 7.53. The number of esters is 1. The fourth-order valence-electron chi connectivity index (χ4n) is 4.82. The number of H-pyrrole nitrogens is 1. The molecule has 0 aliphatic rings. The van der Waals surface area contributed by atoms with E-state index in [1.807, 2.05) is 0 Å². The lowest BCUT2D eigenvalue weighted by molar-refractivity contribution is 0.0531. The van der Waals surface area contributed by atoms with E-state index in [0.29, 0.717) is 38.2 Å². The second-order valence-corrected chi connectivity index (χ2v) is 13.5. The second kappa shape index (κ2) is 13.3. The number of aromatic amines is 1. The van der Waals surface area contributed by atoms with E-state index in [1.54, 1.807) is 13.8 Å². The van der Waals surface area contributed by atoms with Crippen LogP contribution >= 0.6 is 23.1 Å². The molecule has 3 heterocycles. The van der Waals surface area contributed by atoms with Crippen LogP contribution in [0, 0.1) is 12.8 Å². The quantitative estimate of drug-likeness (QED) is 0.103. The van der Waals surface area contributed by atoms with Crippen molar-refractivity contribution in [2.75, 3.05) is 6.61 Å². The molecule has 0 bridgehead atoms. The molecule has 8 nitrogen and oxygen atoms in total. The van der Waals surface area contributed by atoms with E-state index >= 15 is 0 Å². The fraction of sp³-hybridized carbons (Fsp3) is 0.516. The maximum atomic E-state index is 13.0. The van der Waals surface area contributed by atoms with Gasteiger partial charge in [-0.05, 0) is 42.7 Å². The fourth-order valence-corrected chi connectivity index (χ4v) is 6.73. The zero-order valence-corrected chi connectivity index (χ0v) is 26.8. The molecule has 10 heteroatoms. The minimum absolute atomic E-state index is 0.0736. The number of unbranched alkanes of at least 4 members (excludes halogenated alkanes) is 2. The molecule has 0 fully saturated rings. The molecule has 1 N–H and O–H groups in total. The van der Waals surface area contributed by atoms with Crippen molar-refractivity contribution >= 4 is 39.3 Å². The number of hydrogen-bond donors (Lipinski definition) is 1. The van der Waals surface area contributed by atoms with Crippen molar-refractivity contribution in [3.63, 3.8) is 0 Å². The maximum absolute atomic E-state index is 13.0. The molecule has 0 saturated heterocycles. The number of thioether (sulfide) groups is 1. The van der Waals surface area contributed by atoms with Gasteiger partial charge in [0.05, 0.1) is 17.7 Å². The third kappa shape index (κ3) is 7.27. The Kier molecular flexibility index (Phi) is 10.1. The molecule has 41 heavy (non-hydrogen) atoms. The van der Waals surface area contributed by atoms with Crippen molar-refractivity contribution in [1.29, 1.82) is 0 Å². The van der Waals surface area contributed by atoms with Gasteiger partial charge in [-0.2, -0.15) is 0 Å². The number of nitrogens with zero attached hydrogens (tertiary/aromatic N) is 4. The number of nitrogens with one attached hydrogen (secondary N) is 1. The number of ether oxygens (including phenoxy) is 1. The minimum atomic E-state index is -0.424. The maximum Gasteiger partial charge on any atom is 0.348 e. The SMILES string of the molecule is CCCCC[C@H](C)Cn1c(SCc2nc3sc(C(=O)OCC)c(C)c3c(=O)[nH]2)nnc1-c1ccc(C(C)(C)C)cc1. The van der Waals surface area contributed by atoms with E-state index in [4.69, 9.17) is 9.72 Å². The number of rotatable bonds is 12. The number of aromatic nitrogens is 5. The van der Waals surface area contributed by atoms with Crippen LogP contribution in [0.25, 0.3) is 21.6 Å². The third-order valence-electron chi connectivity index (χ3n) is 7.17. The first-order valence-corrected chi connectivity index (χ1v) is 16.2. The molecule has 4 aromatic rings. The Morgan fingerprint density at radius 1 is 1.15 bits per heavy atom. The second-order valence-electron chi connectivity index (χ2n) is 11.6. The van der Waals surface area contributed by atoms with E-state index in [9.17, 15) is 9.59 Å². The summed E-state index contributed by atoms with van der Waals surface area (Å²) in [7, 11) is 0. The van der Waals surface area contributed by atoms with Gasteiger partial charge in [0.1, 0.15) is 15.5 Å². The van der Waals surface area contributed by atoms with Crippen LogP contribution in [0.3, 0.4) is 0 Å². The first-order valence-electron chi connectivity index (χ1n) is 14.4. The molecule has 1 atom stereocenters. The van der Waals surface area contributed by atoms with Crippen LogP contribution in [0.2, 0.25) is 0 Å². The van der Waals surface area contributed by atoms with Gasteiger partial charge in [0, 0.05) is 12.1 Å². The average molecular weight is 596 g/mol. The van der Waals surface area contributed by atoms with E-state index in [0.717, 1.165) is 29.5 Å². The van der Waals surface area contributed by atoms with Gasteiger partial charge in [0.2, 0.25) is 0 Å². The lowest BCUT2D eigenvalue weighted by Crippen LogP contribution is -2.13. The van der Waals surface area contributed by atoms with Crippen LogP contribution in [-0.2, 0) is 22.4 Å². The first kappa shape index (κ1) is 31.0. The summed E-state index contributed by atoms with van der Waals surface area (Å²) < 4.78 is 7.37. The summed E-state index contributed by atoms with van der Waals surface area (Å²) in [4.78, 5) is 33.9. The highest BCUT2D eigenvalue weighted by Crippen LogP contribution is 2.31. The third-order valence-corrected chi connectivity index (χ3v) is 9.31. The van der Waals surface area contributed by atoms with Crippen molar-refractivity contribution in [3.8, 4) is 11.4 Å². The molecule has 0 spiro atoms. The summed E-state index contributed by atoms with van der Waals surface area (Å²) >= 11 is 2.70. The predicted molar refractivity (Wildman–Crippen MR) is 168 cm³/mol. The average Bonchev–Trinajstić information content (AvgIpc) is 3.48. The molecule has 0 amide bonds. The van der Waals surface area contributed by atoms with Crippen molar-refractivity contribution in [1.82, 2.24) is 24.7 Å². The van der Waals surface area contributed by atoms with Crippen LogP contribution in [-0.4, -0.2) is 37.3 Å². The van der Waals surface area contributed by atoms with Crippen molar-refractivity contribution in [2.45, 2.75) is 97.0 Å². The Labute approximate surface area is 250 Å². The molecular weight excluding hydrogens is 555 g/mol. The van der Waals surface area contributed by atoms with Crippen LogP contribution in [0.15, 0.2) is 34.2 Å². The monoisotopic (exact) mass is 595 g/mol. The minimum Gasteiger partial charge on any atom is -0.462 e. The van der Waals surface area contributed by atoms with Gasteiger partial charge >= 0.3 is 5.97 Å². The van der Waals surface area contributed by atoms with Crippen molar-refractivity contribution in [2.24, 2.45) is 5.92 Å². The molecule has 4 rings (SSSR count). The van der Waals surface area contributed by atoms with Gasteiger partial charge in [0.25, 0.3) is 5.56 Å². The molecule has 0 unspecified atom stereocenters. The Hall–Kier alpha value is -2.98. The number of fused-ring (bicyclic) bond motifs is 1. The molecule has 1 aromatic carbocycles. The van der Waals surface area contributed by atoms with Gasteiger partial charge in [-0.1, -0.05) is 89.9 Å². The lowest BCUT2D eigenvalue weighted by atomic mass is 9.86. The van der Waals surface area contributed by atoms with Crippen molar-refractivity contribution in [3.05, 3.63) is 56.4 Å². The van der Waals surface area contributed by atoms with Gasteiger partial charge in [-0.25, -0.2) is 9.78 Å². The normalized spacial score (nSPS) is 12.7. The number of carbonyl (C=O) groups excluding carboxylic acids is 1. The first-order chi connectivity index (χ1) is 19.5. The lowest BCUT2D eigenvalue weighted by Gasteiger charge is -2.19. The summed E-state index contributed by atoms with van der Waals surface area (Å²) in [5.74, 6) is 1.84. The number of hydrogen-bond acceptors (Lipinski definition) is 8. The molecule has 3 aromatic heterocycles. The Morgan fingerprint density at radius 2 is 1.88 bits per heavy atom. The van der Waals surface area contributed by atoms with Crippen LogP contribution < -0.4 is 5.56 Å². The van der Waals surface area contributed by atoms with E-state index in [1.165, 1.54) is 47.9 Å². The van der Waals surface area contributed by atoms with Gasteiger partial charge < -0.3 is 14.3 Å². The summed E-state index contributed by atoms with van der Waals surface area (Å²) in [6, 6.07) is 8.60. The molecule has 0 aliphatic heterocycles. The largest absolute Gasteiger partial charge is 0.462 e. The van der Waals surface area contributed by atoms with Gasteiger partial charge in [-0.15, -0.1) is 21.5 Å². The van der Waals surface area contributed by atoms with E-state index in [-0.39, 0.29) is 17.6 Å². The van der Waals surface area contributed by atoms with Crippen LogP contribution in [0.1, 0.15) is 93.8 Å². The highest BCUT2D eigenvalue weighted by atomic mass is 32.2. The van der Waals surface area contributed by atoms with E-state index < -0.39 is 5.97 Å². The topological polar surface area (TPSA) is 103 Å². The van der Waals surface area contributed by atoms with Gasteiger partial charge in [0.15, 0.2) is 11.0 Å². The molecule has 220 valence electrons. The Bertz CT molecular complexity index is 1550. The standard InChI is InChI=1S/C31H41N5O3S2/c1-8-10-11-12-19(3)17-36-26(21-13-15-22(16-14-21)31(5,6)7)34-35-30(36)40-18-23-32-27(37)24-20(4)25(29(38)39-9-2)41-28(24)33-23/h13-16,19H,8-12,17-18H2,1-7H3,(H,32,33,37)/t19-/m0/s1. The number of thiophene rings is 1. The smallest absolute Gasteiger partial charge is 0.348 e. The van der Waals surface area contributed by atoms with Crippen molar-refractivity contribution < 1.29 is 9.53 Å². The van der Waals surface area contributed by atoms with Crippen LogP contribution in [0.5, 0.6) is 0 Å². The summed E-state index contributed by atoms with van der Waals surface area (Å²) in [6.07, 6.45) is 4.78. The molecule has 0 aliphatic carbocycles. The Morgan fingerprint density at radius 3 is 2.54 bits per heavy atom. The van der Waals surface area contributed by atoms with Gasteiger partial charge in [-0.3, -0.25) is 4.79 Å². The number of carbonyl (C=O) groups is 1.